The van der Waals surface area contributed by atoms with E-state index in [1.165, 1.54) is 11.8 Å². The summed E-state index contributed by atoms with van der Waals surface area (Å²) in [7, 11) is 1.60. The van der Waals surface area contributed by atoms with Crippen molar-refractivity contribution in [2.45, 2.75) is 10.1 Å². The lowest BCUT2D eigenvalue weighted by Crippen LogP contribution is -1.87. The maximum Gasteiger partial charge on any atom is 0.281 e. The molecular weight excluding hydrogens is 386 g/mol. The van der Waals surface area contributed by atoms with Crippen LogP contribution >= 0.6 is 23.4 Å². The van der Waals surface area contributed by atoms with Gasteiger partial charge >= 0.3 is 0 Å². The standard InChI is InChI=1S/C19H14ClN3O3S/c1-25-15-4-2-3-12(9-15)18-21-22-19(26-18)27-17-11-23(10-16(17)24)14-7-5-13(20)6-8-14/h2-11,24H,1H3. The molecule has 0 radical (unpaired) electrons. The third-order valence-electron chi connectivity index (χ3n) is 3.82. The number of methoxy groups -OCH3 is 1. The molecule has 0 aliphatic carbocycles. The fraction of sp³-hybridized carbons (Fsp3) is 0.0526. The summed E-state index contributed by atoms with van der Waals surface area (Å²) < 4.78 is 12.7. The van der Waals surface area contributed by atoms with Gasteiger partial charge in [0.25, 0.3) is 5.22 Å². The minimum absolute atomic E-state index is 0.121. The minimum Gasteiger partial charge on any atom is -0.505 e. The number of hydrogen-bond donors (Lipinski definition) is 1. The average Bonchev–Trinajstić information content (AvgIpc) is 3.30. The Bertz CT molecular complexity index is 1080. The van der Waals surface area contributed by atoms with E-state index < -0.39 is 0 Å². The predicted molar refractivity (Wildman–Crippen MR) is 103 cm³/mol. The molecule has 0 atom stereocenters. The van der Waals surface area contributed by atoms with E-state index in [2.05, 4.69) is 10.2 Å². The van der Waals surface area contributed by atoms with Gasteiger partial charge in [0.2, 0.25) is 5.89 Å². The Morgan fingerprint density at radius 2 is 1.93 bits per heavy atom. The Morgan fingerprint density at radius 1 is 1.11 bits per heavy atom. The number of hydrogen-bond acceptors (Lipinski definition) is 6. The zero-order chi connectivity index (χ0) is 18.8. The molecule has 0 bridgehead atoms. The molecule has 0 unspecified atom stereocenters. The van der Waals surface area contributed by atoms with Crippen molar-refractivity contribution in [3.8, 4) is 28.6 Å². The van der Waals surface area contributed by atoms with E-state index in [9.17, 15) is 5.11 Å². The Labute approximate surface area is 164 Å². The molecule has 0 spiro atoms. The second-order valence-electron chi connectivity index (χ2n) is 5.60. The average molecular weight is 400 g/mol. The van der Waals surface area contributed by atoms with Gasteiger partial charge in [-0.05, 0) is 54.2 Å². The number of nitrogens with zero attached hydrogens (tertiary/aromatic N) is 3. The van der Waals surface area contributed by atoms with Crippen LogP contribution in [-0.4, -0.2) is 27.0 Å². The largest absolute Gasteiger partial charge is 0.505 e. The number of halogens is 1. The van der Waals surface area contributed by atoms with Crippen LogP contribution in [0.1, 0.15) is 0 Å². The number of aromatic hydroxyl groups is 1. The molecule has 0 fully saturated rings. The summed E-state index contributed by atoms with van der Waals surface area (Å²) >= 11 is 7.11. The molecule has 27 heavy (non-hydrogen) atoms. The molecule has 2 aromatic heterocycles. The van der Waals surface area contributed by atoms with E-state index in [-0.39, 0.29) is 5.75 Å². The van der Waals surface area contributed by atoms with Gasteiger partial charge in [0, 0.05) is 22.5 Å². The highest BCUT2D eigenvalue weighted by Gasteiger charge is 2.15. The number of aromatic nitrogens is 3. The lowest BCUT2D eigenvalue weighted by molar-refractivity contribution is 0.414. The quantitative estimate of drug-likeness (QED) is 0.506. The first-order valence-electron chi connectivity index (χ1n) is 7.95. The van der Waals surface area contributed by atoms with Gasteiger partial charge in [0.05, 0.1) is 18.2 Å². The summed E-state index contributed by atoms with van der Waals surface area (Å²) in [6.07, 6.45) is 3.41. The summed E-state index contributed by atoms with van der Waals surface area (Å²) in [5.74, 6) is 1.21. The summed E-state index contributed by atoms with van der Waals surface area (Å²) in [6, 6.07) is 14.7. The fourth-order valence-corrected chi connectivity index (χ4v) is 3.32. The van der Waals surface area contributed by atoms with Crippen LogP contribution in [0.4, 0.5) is 0 Å². The predicted octanol–water partition coefficient (Wildman–Crippen LogP) is 5.05. The van der Waals surface area contributed by atoms with Gasteiger partial charge in [-0.2, -0.15) is 0 Å². The van der Waals surface area contributed by atoms with Gasteiger partial charge in [-0.15, -0.1) is 10.2 Å². The third-order valence-corrected chi connectivity index (χ3v) is 4.94. The lowest BCUT2D eigenvalue weighted by atomic mass is 10.2. The van der Waals surface area contributed by atoms with Crippen molar-refractivity contribution in [3.05, 3.63) is 65.9 Å². The second kappa shape index (κ2) is 7.38. The van der Waals surface area contributed by atoms with E-state index in [0.29, 0.717) is 26.8 Å². The highest BCUT2D eigenvalue weighted by molar-refractivity contribution is 7.99. The zero-order valence-corrected chi connectivity index (χ0v) is 15.7. The fourth-order valence-electron chi connectivity index (χ4n) is 2.48. The van der Waals surface area contributed by atoms with E-state index in [4.69, 9.17) is 20.8 Å². The van der Waals surface area contributed by atoms with Crippen LogP contribution in [0.2, 0.25) is 5.02 Å². The molecule has 6 nitrogen and oxygen atoms in total. The molecule has 4 rings (SSSR count). The first-order chi connectivity index (χ1) is 13.1. The SMILES string of the molecule is COc1cccc(-c2nnc(Sc3cn(-c4ccc(Cl)cc4)cc3O)o2)c1. The van der Waals surface area contributed by atoms with Gasteiger partial charge < -0.3 is 18.8 Å². The van der Waals surface area contributed by atoms with Crippen molar-refractivity contribution in [3.63, 3.8) is 0 Å². The first kappa shape index (κ1) is 17.5. The maximum atomic E-state index is 10.2. The van der Waals surface area contributed by atoms with E-state index in [0.717, 1.165) is 11.3 Å². The molecule has 4 aromatic rings. The van der Waals surface area contributed by atoms with Crippen LogP contribution in [0.15, 0.2) is 75.5 Å². The highest BCUT2D eigenvalue weighted by Crippen LogP contribution is 2.36. The smallest absolute Gasteiger partial charge is 0.281 e. The first-order valence-corrected chi connectivity index (χ1v) is 9.14. The summed E-state index contributed by atoms with van der Waals surface area (Å²) in [5.41, 5.74) is 1.64. The number of benzene rings is 2. The van der Waals surface area contributed by atoms with Gasteiger partial charge in [-0.1, -0.05) is 17.7 Å². The van der Waals surface area contributed by atoms with Crippen molar-refractivity contribution in [1.29, 1.82) is 0 Å². The molecule has 0 aliphatic rings. The molecule has 8 heteroatoms. The zero-order valence-electron chi connectivity index (χ0n) is 14.2. The molecule has 0 saturated heterocycles. The maximum absolute atomic E-state index is 10.2. The van der Waals surface area contributed by atoms with E-state index in [1.807, 2.05) is 36.4 Å². The molecular formula is C19H14ClN3O3S. The van der Waals surface area contributed by atoms with E-state index in [1.54, 1.807) is 36.2 Å². The monoisotopic (exact) mass is 399 g/mol. The van der Waals surface area contributed by atoms with Crippen LogP contribution < -0.4 is 4.74 Å². The molecule has 1 N–H and O–H groups in total. The summed E-state index contributed by atoms with van der Waals surface area (Å²) in [4.78, 5) is 0.603. The second-order valence-corrected chi connectivity index (χ2v) is 7.03. The van der Waals surface area contributed by atoms with E-state index >= 15 is 0 Å². The summed E-state index contributed by atoms with van der Waals surface area (Å²) in [6.45, 7) is 0. The Balaban J connectivity index is 1.56. The van der Waals surface area contributed by atoms with Crippen LogP contribution in [0.5, 0.6) is 11.5 Å². The molecule has 0 aliphatic heterocycles. The number of rotatable bonds is 5. The van der Waals surface area contributed by atoms with Gasteiger partial charge in [0.15, 0.2) is 0 Å². The molecule has 2 aromatic carbocycles. The lowest BCUT2D eigenvalue weighted by Gasteiger charge is -2.01. The Hall–Kier alpha value is -2.90. The van der Waals surface area contributed by atoms with Crippen molar-refractivity contribution < 1.29 is 14.3 Å². The van der Waals surface area contributed by atoms with Crippen molar-refractivity contribution in [2.24, 2.45) is 0 Å². The highest BCUT2D eigenvalue weighted by atomic mass is 35.5. The van der Waals surface area contributed by atoms with Crippen LogP contribution in [0.25, 0.3) is 17.1 Å². The van der Waals surface area contributed by atoms with Crippen molar-refractivity contribution in [2.75, 3.05) is 7.11 Å². The number of ether oxygens (including phenoxy) is 1. The minimum atomic E-state index is 0.121. The van der Waals surface area contributed by atoms with Gasteiger partial charge in [0.1, 0.15) is 11.5 Å². The van der Waals surface area contributed by atoms with Gasteiger partial charge in [-0.25, -0.2) is 0 Å². The molecule has 0 amide bonds. The normalized spacial score (nSPS) is 10.9. The molecule has 2 heterocycles. The van der Waals surface area contributed by atoms with Gasteiger partial charge in [-0.3, -0.25) is 0 Å². The third kappa shape index (κ3) is 3.79. The topological polar surface area (TPSA) is 73.3 Å². The molecule has 136 valence electrons. The Morgan fingerprint density at radius 3 is 2.70 bits per heavy atom. The van der Waals surface area contributed by atoms with Crippen molar-refractivity contribution >= 4 is 23.4 Å². The Kier molecular flexibility index (Phi) is 4.79. The van der Waals surface area contributed by atoms with Crippen molar-refractivity contribution in [1.82, 2.24) is 14.8 Å². The van der Waals surface area contributed by atoms with Crippen LogP contribution in [0.3, 0.4) is 0 Å². The van der Waals surface area contributed by atoms with Crippen LogP contribution in [0, 0.1) is 0 Å². The van der Waals surface area contributed by atoms with Crippen LogP contribution in [-0.2, 0) is 0 Å². The molecule has 0 saturated carbocycles. The summed E-state index contributed by atoms with van der Waals surface area (Å²) in [5, 5.41) is 19.3.